The normalized spacial score (nSPS) is 13.2. The first-order valence-corrected chi connectivity index (χ1v) is 9.61. The molecular formula is C20H21NO3S. The summed E-state index contributed by atoms with van der Waals surface area (Å²) in [5.74, 6) is 2.32. The van der Waals surface area contributed by atoms with Gasteiger partial charge in [0.2, 0.25) is 0 Å². The summed E-state index contributed by atoms with van der Waals surface area (Å²) in [6.45, 7) is 3.10. The smallest absolute Gasteiger partial charge is 0.261 e. The topological polar surface area (TPSA) is 46.6 Å². The molecule has 0 radical (unpaired) electrons. The van der Waals surface area contributed by atoms with Crippen LogP contribution in [-0.2, 0) is 5.75 Å². The zero-order valence-corrected chi connectivity index (χ0v) is 15.1. The Bertz CT molecular complexity index is 740. The average Bonchev–Trinajstić information content (AvgIpc) is 2.88. The number of carbonyl (C=O) groups excluding carboxylic acids is 2. The Labute approximate surface area is 152 Å². The first kappa shape index (κ1) is 17.5. The highest BCUT2D eigenvalue weighted by Gasteiger charge is 2.34. The standard InChI is InChI=1S/C20H21NO3S/c1-2-24-18-11-6-3-8-15(18)14-25-13-7-12-21-19(22)16-9-4-5-10-17(16)20(21)23/h3-6,8-11H,2,7,12-14H2,1H3. The molecule has 0 atom stereocenters. The number of para-hydroxylation sites is 1. The molecule has 0 saturated carbocycles. The van der Waals surface area contributed by atoms with Crippen molar-refractivity contribution < 1.29 is 14.3 Å². The second-order valence-electron chi connectivity index (χ2n) is 5.75. The van der Waals surface area contributed by atoms with Gasteiger partial charge in [0.15, 0.2) is 0 Å². The van der Waals surface area contributed by atoms with Crippen LogP contribution in [-0.4, -0.2) is 35.6 Å². The van der Waals surface area contributed by atoms with Crippen molar-refractivity contribution in [1.82, 2.24) is 4.90 Å². The fraction of sp³-hybridized carbons (Fsp3) is 0.300. The van der Waals surface area contributed by atoms with Gasteiger partial charge in [-0.2, -0.15) is 11.8 Å². The Morgan fingerprint density at radius 1 is 0.960 bits per heavy atom. The quantitative estimate of drug-likeness (QED) is 0.530. The van der Waals surface area contributed by atoms with Crippen LogP contribution >= 0.6 is 11.8 Å². The van der Waals surface area contributed by atoms with Crippen molar-refractivity contribution >= 4 is 23.6 Å². The first-order chi connectivity index (χ1) is 12.2. The molecule has 0 unspecified atom stereocenters. The van der Waals surface area contributed by atoms with Gasteiger partial charge in [-0.25, -0.2) is 0 Å². The maximum Gasteiger partial charge on any atom is 0.261 e. The lowest BCUT2D eigenvalue weighted by atomic mass is 10.1. The summed E-state index contributed by atoms with van der Waals surface area (Å²) in [5, 5.41) is 0. The predicted octanol–water partition coefficient (Wildman–Crippen LogP) is 4.00. The number of ether oxygens (including phenoxy) is 1. The molecule has 1 heterocycles. The van der Waals surface area contributed by atoms with Gasteiger partial charge in [-0.1, -0.05) is 30.3 Å². The van der Waals surface area contributed by atoms with Gasteiger partial charge in [0.1, 0.15) is 5.75 Å². The Morgan fingerprint density at radius 3 is 2.28 bits per heavy atom. The minimum atomic E-state index is -0.174. The molecule has 0 aliphatic carbocycles. The number of rotatable bonds is 8. The number of hydrogen-bond donors (Lipinski definition) is 0. The van der Waals surface area contributed by atoms with E-state index < -0.39 is 0 Å². The molecule has 0 saturated heterocycles. The van der Waals surface area contributed by atoms with E-state index in [-0.39, 0.29) is 11.8 Å². The number of thioether (sulfide) groups is 1. The van der Waals surface area contributed by atoms with Crippen molar-refractivity contribution in [3.05, 3.63) is 65.2 Å². The highest BCUT2D eigenvalue weighted by molar-refractivity contribution is 7.98. The van der Waals surface area contributed by atoms with Crippen molar-refractivity contribution in [2.75, 3.05) is 18.9 Å². The minimum absolute atomic E-state index is 0.174. The summed E-state index contributed by atoms with van der Waals surface area (Å²) in [7, 11) is 0. The van der Waals surface area contributed by atoms with Crippen LogP contribution in [0.2, 0.25) is 0 Å². The van der Waals surface area contributed by atoms with Gasteiger partial charge in [0.05, 0.1) is 17.7 Å². The zero-order valence-electron chi connectivity index (χ0n) is 14.2. The lowest BCUT2D eigenvalue weighted by molar-refractivity contribution is 0.0655. The second kappa shape index (κ2) is 8.21. The van der Waals surface area contributed by atoms with Crippen LogP contribution in [0.4, 0.5) is 0 Å². The molecule has 1 aliphatic rings. The minimum Gasteiger partial charge on any atom is -0.494 e. The summed E-state index contributed by atoms with van der Waals surface area (Å²) in [5.41, 5.74) is 2.21. The molecule has 3 rings (SSSR count). The highest BCUT2D eigenvalue weighted by Crippen LogP contribution is 2.25. The van der Waals surface area contributed by atoms with Crippen LogP contribution in [0.3, 0.4) is 0 Å². The Kier molecular flexibility index (Phi) is 5.76. The number of benzene rings is 2. The average molecular weight is 355 g/mol. The molecule has 0 bridgehead atoms. The summed E-state index contributed by atoms with van der Waals surface area (Å²) >= 11 is 1.79. The van der Waals surface area contributed by atoms with E-state index >= 15 is 0 Å². The van der Waals surface area contributed by atoms with Crippen molar-refractivity contribution in [1.29, 1.82) is 0 Å². The molecule has 0 spiro atoms. The van der Waals surface area contributed by atoms with E-state index in [0.29, 0.717) is 24.3 Å². The maximum atomic E-state index is 12.3. The number of hydrogen-bond acceptors (Lipinski definition) is 4. The largest absolute Gasteiger partial charge is 0.494 e. The van der Waals surface area contributed by atoms with E-state index in [2.05, 4.69) is 6.07 Å². The fourth-order valence-corrected chi connectivity index (χ4v) is 3.80. The van der Waals surface area contributed by atoms with Crippen molar-refractivity contribution in [3.63, 3.8) is 0 Å². The second-order valence-corrected chi connectivity index (χ2v) is 6.86. The van der Waals surface area contributed by atoms with Crippen molar-refractivity contribution in [3.8, 4) is 5.75 Å². The van der Waals surface area contributed by atoms with Crippen LogP contribution in [0.1, 0.15) is 39.6 Å². The lowest BCUT2D eigenvalue weighted by Gasteiger charge is -2.13. The molecule has 4 nitrogen and oxygen atoms in total. The molecule has 0 aromatic heterocycles. The molecule has 1 aliphatic heterocycles. The molecule has 2 aromatic rings. The number of amides is 2. The van der Waals surface area contributed by atoms with Crippen LogP contribution in [0.15, 0.2) is 48.5 Å². The van der Waals surface area contributed by atoms with Gasteiger partial charge in [-0.3, -0.25) is 14.5 Å². The molecule has 25 heavy (non-hydrogen) atoms. The Morgan fingerprint density at radius 2 is 1.60 bits per heavy atom. The summed E-state index contributed by atoms with van der Waals surface area (Å²) < 4.78 is 5.63. The predicted molar refractivity (Wildman–Crippen MR) is 100 cm³/mol. The first-order valence-electron chi connectivity index (χ1n) is 8.46. The summed E-state index contributed by atoms with van der Waals surface area (Å²) in [6, 6.07) is 15.1. The number of imide groups is 1. The molecule has 0 fully saturated rings. The molecule has 130 valence electrons. The van der Waals surface area contributed by atoms with Crippen molar-refractivity contribution in [2.24, 2.45) is 0 Å². The van der Waals surface area contributed by atoms with Gasteiger partial charge in [0, 0.05) is 17.9 Å². The van der Waals surface area contributed by atoms with E-state index in [9.17, 15) is 9.59 Å². The molecule has 2 aromatic carbocycles. The molecule has 0 N–H and O–H groups in total. The number of fused-ring (bicyclic) bond motifs is 1. The van der Waals surface area contributed by atoms with Crippen molar-refractivity contribution in [2.45, 2.75) is 19.1 Å². The van der Waals surface area contributed by atoms with E-state index in [1.54, 1.807) is 36.0 Å². The van der Waals surface area contributed by atoms with Crippen LogP contribution in [0, 0.1) is 0 Å². The summed E-state index contributed by atoms with van der Waals surface area (Å²) in [6.07, 6.45) is 0.785. The highest BCUT2D eigenvalue weighted by atomic mass is 32.2. The van der Waals surface area contributed by atoms with E-state index in [1.807, 2.05) is 25.1 Å². The molecular weight excluding hydrogens is 334 g/mol. The van der Waals surface area contributed by atoms with Gasteiger partial charge in [-0.15, -0.1) is 0 Å². The maximum absolute atomic E-state index is 12.3. The Balaban J connectivity index is 1.47. The number of nitrogens with zero attached hydrogens (tertiary/aromatic N) is 1. The Hall–Kier alpha value is -2.27. The zero-order chi connectivity index (χ0) is 17.6. The lowest BCUT2D eigenvalue weighted by Crippen LogP contribution is -2.31. The third-order valence-corrected chi connectivity index (χ3v) is 5.17. The third kappa shape index (κ3) is 3.87. The van der Waals surface area contributed by atoms with E-state index in [4.69, 9.17) is 4.74 Å². The van der Waals surface area contributed by atoms with Crippen LogP contribution in [0.25, 0.3) is 0 Å². The van der Waals surface area contributed by atoms with Gasteiger partial charge >= 0.3 is 0 Å². The summed E-state index contributed by atoms with van der Waals surface area (Å²) in [4.78, 5) is 25.9. The SMILES string of the molecule is CCOc1ccccc1CSCCCN1C(=O)c2ccccc2C1=O. The third-order valence-electron chi connectivity index (χ3n) is 4.08. The van der Waals surface area contributed by atoms with Crippen LogP contribution in [0.5, 0.6) is 5.75 Å². The van der Waals surface area contributed by atoms with Gasteiger partial charge in [0.25, 0.3) is 11.8 Å². The van der Waals surface area contributed by atoms with Gasteiger partial charge in [-0.05, 0) is 37.3 Å². The molecule has 2 amide bonds. The van der Waals surface area contributed by atoms with Gasteiger partial charge < -0.3 is 4.74 Å². The van der Waals surface area contributed by atoms with E-state index in [1.165, 1.54) is 10.5 Å². The monoisotopic (exact) mass is 355 g/mol. The van der Waals surface area contributed by atoms with Crippen LogP contribution < -0.4 is 4.74 Å². The fourth-order valence-electron chi connectivity index (χ4n) is 2.87. The molecule has 5 heteroatoms. The van der Waals surface area contributed by atoms with E-state index in [0.717, 1.165) is 23.7 Å². The number of carbonyl (C=O) groups is 2.